The lowest BCUT2D eigenvalue weighted by atomic mass is 10.0. The molecule has 1 saturated carbocycles. The zero-order chi connectivity index (χ0) is 14.2. The summed E-state index contributed by atoms with van der Waals surface area (Å²) in [5.41, 5.74) is 0. The molecule has 1 unspecified atom stereocenters. The molecule has 114 valence electrons. The van der Waals surface area contributed by atoms with E-state index in [1.807, 2.05) is 18.8 Å². The van der Waals surface area contributed by atoms with Crippen molar-refractivity contribution in [1.82, 2.24) is 15.5 Å². The van der Waals surface area contributed by atoms with Gasteiger partial charge in [0.05, 0.1) is 5.75 Å². The van der Waals surface area contributed by atoms with Crippen LogP contribution in [-0.2, 0) is 12.2 Å². The van der Waals surface area contributed by atoms with E-state index in [9.17, 15) is 0 Å². The molecule has 1 aliphatic carbocycles. The molecule has 5 heteroatoms. The Hall–Kier alpha value is -0.550. The lowest BCUT2D eigenvalue weighted by Crippen LogP contribution is -2.27. The number of hydrogen-bond acceptors (Lipinski definition) is 5. The van der Waals surface area contributed by atoms with Gasteiger partial charge in [0.15, 0.2) is 5.82 Å². The monoisotopic (exact) mass is 297 g/mol. The molecule has 0 bridgehead atoms. The summed E-state index contributed by atoms with van der Waals surface area (Å²) < 4.78 is 5.37. The van der Waals surface area contributed by atoms with E-state index in [0.717, 1.165) is 35.6 Å². The van der Waals surface area contributed by atoms with Crippen LogP contribution in [0, 0.1) is 0 Å². The van der Waals surface area contributed by atoms with Gasteiger partial charge in [0.2, 0.25) is 5.89 Å². The van der Waals surface area contributed by atoms with Gasteiger partial charge >= 0.3 is 0 Å². The predicted molar refractivity (Wildman–Crippen MR) is 83.9 cm³/mol. The number of rotatable bonds is 8. The molecule has 0 saturated heterocycles. The van der Waals surface area contributed by atoms with Crippen LogP contribution in [-0.4, -0.2) is 28.5 Å². The summed E-state index contributed by atoms with van der Waals surface area (Å²) in [6, 6.07) is 0.444. The highest BCUT2D eigenvalue weighted by atomic mass is 32.2. The lowest BCUT2D eigenvalue weighted by molar-refractivity contribution is 0.353. The van der Waals surface area contributed by atoms with Gasteiger partial charge in [0, 0.05) is 17.7 Å². The smallest absolute Gasteiger partial charge is 0.228 e. The van der Waals surface area contributed by atoms with Gasteiger partial charge in [-0.2, -0.15) is 16.7 Å². The number of likely N-dealkylation sites (N-methyl/N-ethyl adjacent to an activating group) is 1. The van der Waals surface area contributed by atoms with Crippen molar-refractivity contribution in [2.24, 2.45) is 0 Å². The number of nitrogens with zero attached hydrogens (tertiary/aromatic N) is 2. The molecule has 2 rings (SSSR count). The Balaban J connectivity index is 1.76. The van der Waals surface area contributed by atoms with Crippen molar-refractivity contribution < 1.29 is 4.52 Å². The predicted octanol–water partition coefficient (Wildman–Crippen LogP) is 3.57. The SMILES string of the molecule is CCCC(Cc1nc(CSC2CCCCC2)no1)NC. The van der Waals surface area contributed by atoms with Gasteiger partial charge in [-0.1, -0.05) is 37.8 Å². The molecule has 1 heterocycles. The molecule has 0 radical (unpaired) electrons. The van der Waals surface area contributed by atoms with E-state index in [1.165, 1.54) is 38.5 Å². The second-order valence-electron chi connectivity index (χ2n) is 5.65. The molecule has 1 aromatic rings. The summed E-state index contributed by atoms with van der Waals surface area (Å²) in [5.74, 6) is 2.53. The Kier molecular flexibility index (Phi) is 6.87. The topological polar surface area (TPSA) is 51.0 Å². The minimum absolute atomic E-state index is 0.444. The first-order valence-corrected chi connectivity index (χ1v) is 8.97. The number of aromatic nitrogens is 2. The van der Waals surface area contributed by atoms with Gasteiger partial charge in [0.1, 0.15) is 0 Å². The third-order valence-corrected chi connectivity index (χ3v) is 5.34. The van der Waals surface area contributed by atoms with Crippen molar-refractivity contribution in [2.75, 3.05) is 7.05 Å². The fraction of sp³-hybridized carbons (Fsp3) is 0.867. The van der Waals surface area contributed by atoms with Crippen molar-refractivity contribution >= 4 is 11.8 Å². The average molecular weight is 297 g/mol. The van der Waals surface area contributed by atoms with E-state index in [0.29, 0.717) is 6.04 Å². The van der Waals surface area contributed by atoms with Crippen LogP contribution in [0.4, 0.5) is 0 Å². The van der Waals surface area contributed by atoms with E-state index < -0.39 is 0 Å². The zero-order valence-corrected chi connectivity index (χ0v) is 13.5. The molecule has 0 aliphatic heterocycles. The summed E-state index contributed by atoms with van der Waals surface area (Å²) >= 11 is 2.00. The zero-order valence-electron chi connectivity index (χ0n) is 12.7. The molecule has 0 spiro atoms. The fourth-order valence-electron chi connectivity index (χ4n) is 2.76. The highest BCUT2D eigenvalue weighted by Crippen LogP contribution is 2.29. The Morgan fingerprint density at radius 3 is 2.85 bits per heavy atom. The van der Waals surface area contributed by atoms with Crippen LogP contribution in [0.3, 0.4) is 0 Å². The van der Waals surface area contributed by atoms with E-state index in [4.69, 9.17) is 4.52 Å². The summed E-state index contributed by atoms with van der Waals surface area (Å²) in [4.78, 5) is 4.53. The van der Waals surface area contributed by atoms with E-state index >= 15 is 0 Å². The van der Waals surface area contributed by atoms with Crippen LogP contribution in [0.2, 0.25) is 0 Å². The Labute approximate surface area is 126 Å². The molecule has 1 N–H and O–H groups in total. The van der Waals surface area contributed by atoms with Crippen molar-refractivity contribution in [3.05, 3.63) is 11.7 Å². The molecule has 1 aliphatic rings. The van der Waals surface area contributed by atoms with Gasteiger partial charge in [-0.05, 0) is 26.3 Å². The third kappa shape index (κ3) is 5.09. The first-order chi connectivity index (χ1) is 9.81. The van der Waals surface area contributed by atoms with Crippen LogP contribution >= 0.6 is 11.8 Å². The maximum Gasteiger partial charge on any atom is 0.228 e. The summed E-state index contributed by atoms with van der Waals surface area (Å²) in [7, 11) is 2.00. The number of thioether (sulfide) groups is 1. The maximum atomic E-state index is 5.37. The fourth-order valence-corrected chi connectivity index (χ4v) is 3.93. The van der Waals surface area contributed by atoms with Crippen LogP contribution in [0.1, 0.15) is 63.6 Å². The van der Waals surface area contributed by atoms with E-state index in [1.54, 1.807) is 0 Å². The average Bonchev–Trinajstić information content (AvgIpc) is 2.93. The lowest BCUT2D eigenvalue weighted by Gasteiger charge is -2.19. The Morgan fingerprint density at radius 2 is 2.15 bits per heavy atom. The van der Waals surface area contributed by atoms with Crippen molar-refractivity contribution in [3.8, 4) is 0 Å². The van der Waals surface area contributed by atoms with Crippen LogP contribution < -0.4 is 5.32 Å². The van der Waals surface area contributed by atoms with Gasteiger partial charge in [-0.3, -0.25) is 0 Å². The van der Waals surface area contributed by atoms with Crippen molar-refractivity contribution in [3.63, 3.8) is 0 Å². The molecule has 1 fully saturated rings. The normalized spacial score (nSPS) is 18.3. The van der Waals surface area contributed by atoms with Crippen LogP contribution in [0.25, 0.3) is 0 Å². The van der Waals surface area contributed by atoms with Gasteiger partial charge < -0.3 is 9.84 Å². The summed E-state index contributed by atoms with van der Waals surface area (Å²) in [6.45, 7) is 2.20. The highest BCUT2D eigenvalue weighted by Gasteiger charge is 2.16. The molecule has 0 amide bonds. The summed E-state index contributed by atoms with van der Waals surface area (Å²) in [5, 5.41) is 8.23. The van der Waals surface area contributed by atoms with Crippen LogP contribution in [0.15, 0.2) is 4.52 Å². The molecular weight excluding hydrogens is 270 g/mol. The standard InChI is InChI=1S/C15H27N3OS/c1-3-7-12(16-2)10-15-17-14(18-19-15)11-20-13-8-5-4-6-9-13/h12-13,16H,3-11H2,1-2H3. The minimum atomic E-state index is 0.444. The third-order valence-electron chi connectivity index (χ3n) is 3.98. The van der Waals surface area contributed by atoms with E-state index in [-0.39, 0.29) is 0 Å². The second kappa shape index (κ2) is 8.67. The molecule has 0 aromatic carbocycles. The minimum Gasteiger partial charge on any atom is -0.339 e. The molecule has 4 nitrogen and oxygen atoms in total. The molecule has 20 heavy (non-hydrogen) atoms. The number of nitrogens with one attached hydrogen (secondary N) is 1. The molecule has 1 aromatic heterocycles. The highest BCUT2D eigenvalue weighted by molar-refractivity contribution is 7.99. The van der Waals surface area contributed by atoms with Gasteiger partial charge in [0.25, 0.3) is 0 Å². The second-order valence-corrected chi connectivity index (χ2v) is 6.94. The molecule has 1 atom stereocenters. The van der Waals surface area contributed by atoms with Crippen molar-refractivity contribution in [2.45, 2.75) is 75.3 Å². The van der Waals surface area contributed by atoms with Gasteiger partial charge in [-0.15, -0.1) is 0 Å². The quantitative estimate of drug-likeness (QED) is 0.795. The molecular formula is C15H27N3OS. The Morgan fingerprint density at radius 1 is 1.35 bits per heavy atom. The maximum absolute atomic E-state index is 5.37. The first-order valence-electron chi connectivity index (χ1n) is 7.92. The van der Waals surface area contributed by atoms with Crippen molar-refractivity contribution in [1.29, 1.82) is 0 Å². The first kappa shape index (κ1) is 15.8. The van der Waals surface area contributed by atoms with E-state index in [2.05, 4.69) is 22.4 Å². The number of hydrogen-bond donors (Lipinski definition) is 1. The Bertz CT molecular complexity index is 377. The largest absolute Gasteiger partial charge is 0.339 e. The summed E-state index contributed by atoms with van der Waals surface area (Å²) in [6.07, 6.45) is 10.0. The van der Waals surface area contributed by atoms with Gasteiger partial charge in [-0.25, -0.2) is 0 Å². The van der Waals surface area contributed by atoms with Crippen LogP contribution in [0.5, 0.6) is 0 Å².